The Kier molecular flexibility index (Phi) is 2.93. The molecule has 2 nitrogen and oxygen atoms in total. The molecule has 0 bridgehead atoms. The minimum atomic E-state index is -0.471. The quantitative estimate of drug-likeness (QED) is 0.449. The molecule has 0 spiro atoms. The zero-order valence-corrected chi connectivity index (χ0v) is 9.20. The number of carbonyl (C=O) groups excluding carboxylic acids is 1. The number of halogens is 1. The molecule has 0 saturated carbocycles. The molecular weight excluding hydrogens is 224 g/mol. The van der Waals surface area contributed by atoms with Crippen LogP contribution in [0.2, 0.25) is 5.02 Å². The highest BCUT2D eigenvalue weighted by molar-refractivity contribution is 6.35. The lowest BCUT2D eigenvalue weighted by atomic mass is 10.1. The molecule has 0 heterocycles. The molecule has 0 N–H and O–H groups in total. The summed E-state index contributed by atoms with van der Waals surface area (Å²) < 4.78 is 5.01. The van der Waals surface area contributed by atoms with E-state index in [1.165, 1.54) is 0 Å². The van der Waals surface area contributed by atoms with Crippen molar-refractivity contribution in [3.63, 3.8) is 0 Å². The third kappa shape index (κ3) is 2.07. The van der Waals surface area contributed by atoms with Crippen LogP contribution in [0, 0.1) is 0 Å². The number of carbonyl (C=O) groups is 1. The SMILES string of the molecule is C=CC(=O)Oc1ccc2c(Cl)cccc2c1. The van der Waals surface area contributed by atoms with Crippen molar-refractivity contribution in [2.75, 3.05) is 0 Å². The first-order valence-electron chi connectivity index (χ1n) is 4.73. The van der Waals surface area contributed by atoms with Gasteiger partial charge in [-0.3, -0.25) is 0 Å². The van der Waals surface area contributed by atoms with E-state index >= 15 is 0 Å². The van der Waals surface area contributed by atoms with Gasteiger partial charge in [-0.25, -0.2) is 4.79 Å². The Morgan fingerprint density at radius 3 is 2.88 bits per heavy atom. The van der Waals surface area contributed by atoms with Gasteiger partial charge in [-0.1, -0.05) is 30.3 Å². The van der Waals surface area contributed by atoms with Crippen LogP contribution in [-0.2, 0) is 4.79 Å². The Labute approximate surface area is 98.1 Å². The zero-order valence-electron chi connectivity index (χ0n) is 8.44. The molecule has 0 aliphatic rings. The molecule has 0 aliphatic heterocycles. The summed E-state index contributed by atoms with van der Waals surface area (Å²) in [7, 11) is 0. The molecule has 0 aliphatic carbocycles. The standard InChI is InChI=1S/C13H9ClO2/c1-2-13(15)16-10-6-7-11-9(8-10)4-3-5-12(11)14/h2-8H,1H2. The number of rotatable bonds is 2. The predicted octanol–water partition coefficient (Wildman–Crippen LogP) is 3.58. The second-order valence-electron chi connectivity index (χ2n) is 3.25. The molecule has 2 rings (SSSR count). The maximum absolute atomic E-state index is 11.0. The van der Waals surface area contributed by atoms with Crippen molar-refractivity contribution in [1.29, 1.82) is 0 Å². The Morgan fingerprint density at radius 1 is 1.31 bits per heavy atom. The Morgan fingerprint density at radius 2 is 2.12 bits per heavy atom. The minimum Gasteiger partial charge on any atom is -0.423 e. The number of ether oxygens (including phenoxy) is 1. The Balaban J connectivity index is 2.44. The van der Waals surface area contributed by atoms with Gasteiger partial charge in [0.05, 0.1) is 0 Å². The first-order chi connectivity index (χ1) is 7.70. The number of benzene rings is 2. The fourth-order valence-corrected chi connectivity index (χ4v) is 1.69. The third-order valence-electron chi connectivity index (χ3n) is 2.18. The molecular formula is C13H9ClO2. The van der Waals surface area contributed by atoms with E-state index in [0.29, 0.717) is 10.8 Å². The molecule has 0 saturated heterocycles. The highest BCUT2D eigenvalue weighted by Crippen LogP contribution is 2.26. The van der Waals surface area contributed by atoms with Gasteiger partial charge in [0.1, 0.15) is 5.75 Å². The number of hydrogen-bond donors (Lipinski definition) is 0. The molecule has 0 fully saturated rings. The van der Waals surface area contributed by atoms with Gasteiger partial charge in [0.25, 0.3) is 0 Å². The van der Waals surface area contributed by atoms with Gasteiger partial charge >= 0.3 is 5.97 Å². The van der Waals surface area contributed by atoms with Gasteiger partial charge in [-0.05, 0) is 29.7 Å². The molecule has 80 valence electrons. The summed E-state index contributed by atoms with van der Waals surface area (Å²) in [4.78, 5) is 11.0. The molecule has 2 aromatic rings. The molecule has 0 aromatic heterocycles. The van der Waals surface area contributed by atoms with Crippen LogP contribution >= 0.6 is 11.6 Å². The van der Waals surface area contributed by atoms with Crippen LogP contribution in [0.25, 0.3) is 10.8 Å². The summed E-state index contributed by atoms with van der Waals surface area (Å²) in [6, 6.07) is 10.9. The lowest BCUT2D eigenvalue weighted by Gasteiger charge is -2.04. The highest BCUT2D eigenvalue weighted by Gasteiger charge is 2.03. The van der Waals surface area contributed by atoms with Crippen LogP contribution in [0.4, 0.5) is 0 Å². The van der Waals surface area contributed by atoms with Crippen LogP contribution in [-0.4, -0.2) is 5.97 Å². The van der Waals surface area contributed by atoms with Crippen LogP contribution in [0.15, 0.2) is 49.1 Å². The smallest absolute Gasteiger partial charge is 0.335 e. The van der Waals surface area contributed by atoms with Gasteiger partial charge in [-0.15, -0.1) is 0 Å². The molecule has 0 unspecified atom stereocenters. The molecule has 0 radical (unpaired) electrons. The molecule has 3 heteroatoms. The van der Waals surface area contributed by atoms with Crippen LogP contribution in [0.1, 0.15) is 0 Å². The molecule has 0 amide bonds. The fourth-order valence-electron chi connectivity index (χ4n) is 1.44. The number of esters is 1. The maximum atomic E-state index is 11.0. The van der Waals surface area contributed by atoms with Gasteiger partial charge in [0.2, 0.25) is 0 Å². The summed E-state index contributed by atoms with van der Waals surface area (Å²) in [6.07, 6.45) is 1.13. The fraction of sp³-hybridized carbons (Fsp3) is 0. The van der Waals surface area contributed by atoms with E-state index in [-0.39, 0.29) is 0 Å². The van der Waals surface area contributed by atoms with Crippen molar-refractivity contribution < 1.29 is 9.53 Å². The zero-order chi connectivity index (χ0) is 11.5. The Hall–Kier alpha value is -1.80. The highest BCUT2D eigenvalue weighted by atomic mass is 35.5. The summed E-state index contributed by atoms with van der Waals surface area (Å²) in [5, 5.41) is 2.54. The van der Waals surface area contributed by atoms with Gasteiger partial charge < -0.3 is 4.74 Å². The van der Waals surface area contributed by atoms with E-state index in [0.717, 1.165) is 16.8 Å². The normalized spacial score (nSPS) is 10.1. The van der Waals surface area contributed by atoms with Gasteiger partial charge in [0, 0.05) is 16.5 Å². The molecule has 0 atom stereocenters. The van der Waals surface area contributed by atoms with Crippen molar-refractivity contribution >= 4 is 28.3 Å². The summed E-state index contributed by atoms with van der Waals surface area (Å²) in [6.45, 7) is 3.34. The van der Waals surface area contributed by atoms with Crippen LogP contribution < -0.4 is 4.74 Å². The predicted molar refractivity (Wildman–Crippen MR) is 64.8 cm³/mol. The monoisotopic (exact) mass is 232 g/mol. The van der Waals surface area contributed by atoms with Crippen molar-refractivity contribution in [3.05, 3.63) is 54.1 Å². The summed E-state index contributed by atoms with van der Waals surface area (Å²) in [5.41, 5.74) is 0. The minimum absolute atomic E-state index is 0.471. The lowest BCUT2D eigenvalue weighted by molar-refractivity contribution is -0.128. The largest absolute Gasteiger partial charge is 0.423 e. The first-order valence-corrected chi connectivity index (χ1v) is 5.11. The van der Waals surface area contributed by atoms with Gasteiger partial charge in [0.15, 0.2) is 0 Å². The average molecular weight is 233 g/mol. The molecule has 2 aromatic carbocycles. The van der Waals surface area contributed by atoms with Gasteiger partial charge in [-0.2, -0.15) is 0 Å². The van der Waals surface area contributed by atoms with Crippen LogP contribution in [0.3, 0.4) is 0 Å². The molecule has 16 heavy (non-hydrogen) atoms. The van der Waals surface area contributed by atoms with Crippen molar-refractivity contribution in [3.8, 4) is 5.75 Å². The van der Waals surface area contributed by atoms with E-state index in [9.17, 15) is 4.79 Å². The van der Waals surface area contributed by atoms with Crippen molar-refractivity contribution in [2.45, 2.75) is 0 Å². The summed E-state index contributed by atoms with van der Waals surface area (Å²) in [5.74, 6) is 0.0149. The van der Waals surface area contributed by atoms with Crippen molar-refractivity contribution in [1.82, 2.24) is 0 Å². The van der Waals surface area contributed by atoms with E-state index in [4.69, 9.17) is 16.3 Å². The Bertz CT molecular complexity index is 561. The first kappa shape index (κ1) is 10.7. The van der Waals surface area contributed by atoms with Crippen LogP contribution in [0.5, 0.6) is 5.75 Å². The topological polar surface area (TPSA) is 26.3 Å². The summed E-state index contributed by atoms with van der Waals surface area (Å²) >= 11 is 6.02. The number of fused-ring (bicyclic) bond motifs is 1. The third-order valence-corrected chi connectivity index (χ3v) is 2.51. The maximum Gasteiger partial charge on any atom is 0.335 e. The van der Waals surface area contributed by atoms with Crippen molar-refractivity contribution in [2.24, 2.45) is 0 Å². The van der Waals surface area contributed by atoms with E-state index in [2.05, 4.69) is 6.58 Å². The lowest BCUT2D eigenvalue weighted by Crippen LogP contribution is -2.02. The van der Waals surface area contributed by atoms with E-state index < -0.39 is 5.97 Å². The number of hydrogen-bond acceptors (Lipinski definition) is 2. The van der Waals surface area contributed by atoms with E-state index in [1.807, 2.05) is 24.3 Å². The second-order valence-corrected chi connectivity index (χ2v) is 3.66. The average Bonchev–Trinajstić information content (AvgIpc) is 2.29. The van der Waals surface area contributed by atoms with E-state index in [1.54, 1.807) is 12.1 Å². The second kappa shape index (κ2) is 4.37.